The molecule has 1 aliphatic heterocycles. The molecule has 6 nitrogen and oxygen atoms in total. The number of piperazine rings is 1. The van der Waals surface area contributed by atoms with Gasteiger partial charge in [0.1, 0.15) is 11.6 Å². The molecule has 1 saturated heterocycles. The summed E-state index contributed by atoms with van der Waals surface area (Å²) in [4.78, 5) is 5.05. The second-order valence-corrected chi connectivity index (χ2v) is 10.1. The highest BCUT2D eigenvalue weighted by Gasteiger charge is 2.33. The molecule has 3 atom stereocenters. The van der Waals surface area contributed by atoms with Crippen LogP contribution in [0.2, 0.25) is 0 Å². The Morgan fingerprint density at radius 2 is 1.79 bits per heavy atom. The van der Waals surface area contributed by atoms with Gasteiger partial charge in [-0.3, -0.25) is 0 Å². The molecule has 1 fully saturated rings. The molecule has 0 amide bonds. The number of halogens is 1. The Morgan fingerprint density at radius 3 is 2.48 bits per heavy atom. The van der Waals surface area contributed by atoms with Gasteiger partial charge in [0.25, 0.3) is 5.89 Å². The Kier molecular flexibility index (Phi) is 7.81. The molecule has 7 heteroatoms. The maximum absolute atomic E-state index is 13.0. The van der Waals surface area contributed by atoms with E-state index < -0.39 is 0 Å². The van der Waals surface area contributed by atoms with E-state index in [2.05, 4.69) is 53.9 Å². The van der Waals surface area contributed by atoms with Crippen molar-refractivity contribution in [3.63, 3.8) is 0 Å². The van der Waals surface area contributed by atoms with E-state index in [1.165, 1.54) is 30.8 Å². The minimum absolute atomic E-state index is 0.180. The number of allylic oxidation sites excluding steroid dienone is 1. The van der Waals surface area contributed by atoms with E-state index in [0.29, 0.717) is 41.2 Å². The summed E-state index contributed by atoms with van der Waals surface area (Å²) in [5, 5.41) is 8.41. The summed E-state index contributed by atoms with van der Waals surface area (Å²) in [5.41, 5.74) is 1.44. The highest BCUT2D eigenvalue weighted by atomic mass is 19.1. The Hall–Kier alpha value is -2.25. The van der Waals surface area contributed by atoms with E-state index in [9.17, 15) is 4.39 Å². The molecule has 0 bridgehead atoms. The van der Waals surface area contributed by atoms with Crippen molar-refractivity contribution in [2.75, 3.05) is 39.8 Å². The van der Waals surface area contributed by atoms with Crippen molar-refractivity contribution in [3.05, 3.63) is 53.5 Å². The predicted molar refractivity (Wildman–Crippen MR) is 126 cm³/mol. The van der Waals surface area contributed by atoms with Crippen LogP contribution in [-0.2, 0) is 13.0 Å². The van der Waals surface area contributed by atoms with E-state index in [1.54, 1.807) is 12.1 Å². The Bertz CT molecular complexity index is 919. The van der Waals surface area contributed by atoms with Gasteiger partial charge in [0.2, 0.25) is 5.89 Å². The van der Waals surface area contributed by atoms with Gasteiger partial charge in [-0.15, -0.1) is 10.2 Å². The molecule has 180 valence electrons. The molecule has 0 unspecified atom stereocenters. The summed E-state index contributed by atoms with van der Waals surface area (Å²) in [6.45, 7) is 13.0. The third-order valence-electron chi connectivity index (χ3n) is 7.25. The summed E-state index contributed by atoms with van der Waals surface area (Å²) in [7, 11) is 2.21. The molecule has 1 aromatic heterocycles. The average molecular weight is 457 g/mol. The van der Waals surface area contributed by atoms with Crippen molar-refractivity contribution in [2.45, 2.75) is 40.2 Å². The Balaban J connectivity index is 1.35. The topological polar surface area (TPSA) is 54.6 Å². The van der Waals surface area contributed by atoms with Crippen LogP contribution in [0.4, 0.5) is 4.39 Å². The molecular formula is C26H37FN4O2. The molecule has 0 N–H and O–H groups in total. The van der Waals surface area contributed by atoms with E-state index in [-0.39, 0.29) is 12.4 Å². The summed E-state index contributed by atoms with van der Waals surface area (Å²) >= 11 is 0. The zero-order valence-electron chi connectivity index (χ0n) is 20.3. The Morgan fingerprint density at radius 1 is 1.09 bits per heavy atom. The fraction of sp³-hybridized carbons (Fsp3) is 0.615. The van der Waals surface area contributed by atoms with Gasteiger partial charge in [-0.05, 0) is 68.3 Å². The van der Waals surface area contributed by atoms with Crippen LogP contribution in [0.25, 0.3) is 0 Å². The summed E-state index contributed by atoms with van der Waals surface area (Å²) in [6, 6.07) is 5.92. The van der Waals surface area contributed by atoms with Crippen molar-refractivity contribution in [3.8, 4) is 5.75 Å². The predicted octanol–water partition coefficient (Wildman–Crippen LogP) is 4.43. The average Bonchev–Trinajstić information content (AvgIpc) is 3.24. The number of hydrogen-bond acceptors (Lipinski definition) is 6. The summed E-state index contributed by atoms with van der Waals surface area (Å²) < 4.78 is 24.5. The standard InChI is InChI=1S/C26H37FN4O2/c1-18(2)24-14-20(19(3)13-21(24)16-31-11-9-30(4)10-12-31)15-25-28-29-26(33-25)17-32-23-7-5-22(27)6-8-23/h5-8,13,18,20-21,24H,9-12,14-17H2,1-4H3/t20-,21-,24-/m0/s1. The van der Waals surface area contributed by atoms with E-state index in [4.69, 9.17) is 9.15 Å². The summed E-state index contributed by atoms with van der Waals surface area (Å²) in [5.74, 6) is 3.71. The lowest BCUT2D eigenvalue weighted by atomic mass is 9.69. The van der Waals surface area contributed by atoms with Crippen LogP contribution < -0.4 is 4.74 Å². The van der Waals surface area contributed by atoms with Crippen molar-refractivity contribution < 1.29 is 13.5 Å². The smallest absolute Gasteiger partial charge is 0.253 e. The normalized spacial score (nSPS) is 24.8. The molecule has 2 aliphatic rings. The van der Waals surface area contributed by atoms with E-state index >= 15 is 0 Å². The maximum Gasteiger partial charge on any atom is 0.253 e. The van der Waals surface area contributed by atoms with Crippen LogP contribution in [0.1, 0.15) is 39.0 Å². The first-order valence-electron chi connectivity index (χ1n) is 12.2. The van der Waals surface area contributed by atoms with Crippen LogP contribution >= 0.6 is 0 Å². The van der Waals surface area contributed by atoms with Crippen LogP contribution in [0.15, 0.2) is 40.3 Å². The van der Waals surface area contributed by atoms with Crippen LogP contribution in [-0.4, -0.2) is 59.8 Å². The minimum Gasteiger partial charge on any atom is -0.484 e. The van der Waals surface area contributed by atoms with Crippen molar-refractivity contribution >= 4 is 0 Å². The fourth-order valence-electron chi connectivity index (χ4n) is 5.13. The molecular weight excluding hydrogens is 419 g/mol. The zero-order valence-corrected chi connectivity index (χ0v) is 20.3. The molecule has 2 aromatic rings. The molecule has 0 radical (unpaired) electrons. The second kappa shape index (κ2) is 10.8. The van der Waals surface area contributed by atoms with Crippen LogP contribution in [0.3, 0.4) is 0 Å². The van der Waals surface area contributed by atoms with Crippen LogP contribution in [0.5, 0.6) is 5.75 Å². The number of ether oxygens (including phenoxy) is 1. The number of aromatic nitrogens is 2. The number of rotatable bonds is 8. The summed E-state index contributed by atoms with van der Waals surface area (Å²) in [6.07, 6.45) is 4.44. The SMILES string of the molecule is CC1=C[C@@H](CN2CCN(C)CC2)[C@H](C(C)C)C[C@H]1Cc1nnc(COc2ccc(F)cc2)o1. The first kappa shape index (κ1) is 23.9. The van der Waals surface area contributed by atoms with Gasteiger partial charge in [-0.25, -0.2) is 4.39 Å². The van der Waals surface area contributed by atoms with Crippen molar-refractivity contribution in [2.24, 2.45) is 23.7 Å². The van der Waals surface area contributed by atoms with Crippen molar-refractivity contribution in [1.82, 2.24) is 20.0 Å². The van der Waals surface area contributed by atoms with Gasteiger partial charge < -0.3 is 19.0 Å². The molecule has 1 aliphatic carbocycles. The number of nitrogens with zero attached hydrogens (tertiary/aromatic N) is 4. The molecule has 4 rings (SSSR count). The van der Waals surface area contributed by atoms with Gasteiger partial charge in [0, 0.05) is 39.1 Å². The minimum atomic E-state index is -0.288. The number of hydrogen-bond donors (Lipinski definition) is 0. The molecule has 0 spiro atoms. The first-order valence-corrected chi connectivity index (χ1v) is 12.2. The largest absolute Gasteiger partial charge is 0.484 e. The Labute approximate surface area is 196 Å². The third-order valence-corrected chi connectivity index (χ3v) is 7.25. The van der Waals surface area contributed by atoms with E-state index in [0.717, 1.165) is 32.5 Å². The van der Waals surface area contributed by atoms with Crippen LogP contribution in [0, 0.1) is 29.5 Å². The monoisotopic (exact) mass is 456 g/mol. The van der Waals surface area contributed by atoms with Gasteiger partial charge in [0.15, 0.2) is 6.61 Å². The molecule has 1 aromatic carbocycles. The quantitative estimate of drug-likeness (QED) is 0.548. The third kappa shape index (κ3) is 6.42. The lowest BCUT2D eigenvalue weighted by molar-refractivity contribution is 0.112. The van der Waals surface area contributed by atoms with Gasteiger partial charge in [-0.1, -0.05) is 25.5 Å². The lowest BCUT2D eigenvalue weighted by Crippen LogP contribution is -2.47. The highest BCUT2D eigenvalue weighted by Crippen LogP contribution is 2.39. The molecule has 0 saturated carbocycles. The zero-order chi connectivity index (χ0) is 23.4. The first-order chi connectivity index (χ1) is 15.9. The number of benzene rings is 1. The maximum atomic E-state index is 13.0. The lowest BCUT2D eigenvalue weighted by Gasteiger charge is -2.41. The molecule has 33 heavy (non-hydrogen) atoms. The van der Waals surface area contributed by atoms with Gasteiger partial charge >= 0.3 is 0 Å². The molecule has 2 heterocycles. The van der Waals surface area contributed by atoms with Gasteiger partial charge in [-0.2, -0.15) is 0 Å². The van der Waals surface area contributed by atoms with E-state index in [1.807, 2.05) is 0 Å². The second-order valence-electron chi connectivity index (χ2n) is 10.1. The van der Waals surface area contributed by atoms with Crippen molar-refractivity contribution in [1.29, 1.82) is 0 Å². The highest BCUT2D eigenvalue weighted by molar-refractivity contribution is 5.22. The fourth-order valence-corrected chi connectivity index (χ4v) is 5.13. The number of likely N-dealkylation sites (N-methyl/N-ethyl adjacent to an activating group) is 1. The van der Waals surface area contributed by atoms with Gasteiger partial charge in [0.05, 0.1) is 0 Å².